The van der Waals surface area contributed by atoms with Crippen LogP contribution < -0.4 is 0 Å². The molecule has 10 heteroatoms. The third-order valence-corrected chi connectivity index (χ3v) is 4.80. The number of carbonyl (C=O) groups excluding carboxylic acids is 1. The molecule has 1 rings (SSSR count). The van der Waals surface area contributed by atoms with Gasteiger partial charge in [0.1, 0.15) is 10.6 Å². The van der Waals surface area contributed by atoms with Crippen molar-refractivity contribution in [2.75, 3.05) is 18.6 Å². The van der Waals surface area contributed by atoms with Crippen LogP contribution in [0, 0.1) is 10.1 Å². The van der Waals surface area contributed by atoms with Crippen LogP contribution in [0.5, 0.6) is 0 Å². The van der Waals surface area contributed by atoms with E-state index in [9.17, 15) is 27.5 Å². The van der Waals surface area contributed by atoms with Gasteiger partial charge in [-0.3, -0.25) is 19.1 Å². The molecule has 0 aliphatic rings. The SMILES string of the molecule is CCOC(=O)CS(=O)c1ccc(S(C)(=O)=O)cc1[N+](=O)[O-]. The summed E-state index contributed by atoms with van der Waals surface area (Å²) in [5.74, 6) is -1.29. The number of sulfone groups is 1. The highest BCUT2D eigenvalue weighted by molar-refractivity contribution is 7.90. The molecule has 1 aromatic rings. The van der Waals surface area contributed by atoms with Gasteiger partial charge in [0.15, 0.2) is 9.84 Å². The van der Waals surface area contributed by atoms with E-state index in [-0.39, 0.29) is 16.4 Å². The van der Waals surface area contributed by atoms with E-state index in [4.69, 9.17) is 0 Å². The molecule has 0 heterocycles. The number of carbonyl (C=O) groups is 1. The van der Waals surface area contributed by atoms with Crippen LogP contribution in [0.4, 0.5) is 5.69 Å². The van der Waals surface area contributed by atoms with Crippen molar-refractivity contribution < 1.29 is 27.1 Å². The molecule has 0 radical (unpaired) electrons. The summed E-state index contributed by atoms with van der Waals surface area (Å²) in [6.07, 6.45) is 0.904. The van der Waals surface area contributed by atoms with Gasteiger partial charge in [-0.25, -0.2) is 8.42 Å². The van der Waals surface area contributed by atoms with Gasteiger partial charge in [-0.05, 0) is 19.1 Å². The number of rotatable bonds is 6. The molecule has 0 saturated carbocycles. The van der Waals surface area contributed by atoms with Crippen LogP contribution in [0.25, 0.3) is 0 Å². The molecule has 21 heavy (non-hydrogen) atoms. The first-order valence-corrected chi connectivity index (χ1v) is 8.90. The van der Waals surface area contributed by atoms with Gasteiger partial charge in [0, 0.05) is 12.3 Å². The van der Waals surface area contributed by atoms with Gasteiger partial charge in [0.05, 0.1) is 27.2 Å². The molecule has 1 unspecified atom stereocenters. The van der Waals surface area contributed by atoms with E-state index in [2.05, 4.69) is 4.74 Å². The van der Waals surface area contributed by atoms with Crippen LogP contribution in [0.3, 0.4) is 0 Å². The molecule has 0 amide bonds. The molecule has 0 spiro atoms. The van der Waals surface area contributed by atoms with Crippen LogP contribution in [0.1, 0.15) is 6.92 Å². The van der Waals surface area contributed by atoms with Gasteiger partial charge in [-0.15, -0.1) is 0 Å². The number of ether oxygens (including phenoxy) is 1. The lowest BCUT2D eigenvalue weighted by Gasteiger charge is -2.05. The Morgan fingerprint density at radius 3 is 2.52 bits per heavy atom. The highest BCUT2D eigenvalue weighted by Crippen LogP contribution is 2.26. The van der Waals surface area contributed by atoms with Crippen LogP contribution in [0.15, 0.2) is 28.0 Å². The third kappa shape index (κ3) is 4.60. The van der Waals surface area contributed by atoms with E-state index in [0.717, 1.165) is 24.5 Å². The second-order valence-electron chi connectivity index (χ2n) is 3.95. The molecular weight excluding hydrogens is 322 g/mol. The Balaban J connectivity index is 3.22. The first kappa shape index (κ1) is 17.2. The zero-order valence-corrected chi connectivity index (χ0v) is 12.9. The maximum Gasteiger partial charge on any atom is 0.318 e. The van der Waals surface area contributed by atoms with Crippen LogP contribution in [-0.2, 0) is 30.2 Å². The Labute approximate surface area is 123 Å². The summed E-state index contributed by atoms with van der Waals surface area (Å²) in [5, 5.41) is 11.0. The Morgan fingerprint density at radius 2 is 2.05 bits per heavy atom. The van der Waals surface area contributed by atoms with Crippen molar-refractivity contribution in [3.05, 3.63) is 28.3 Å². The summed E-state index contributed by atoms with van der Waals surface area (Å²) in [6, 6.07) is 3.01. The fourth-order valence-corrected chi connectivity index (χ4v) is 3.13. The number of nitrogens with zero attached hydrogens (tertiary/aromatic N) is 1. The molecule has 1 atom stereocenters. The maximum atomic E-state index is 12.0. The first-order valence-electron chi connectivity index (χ1n) is 5.69. The molecule has 0 saturated heterocycles. The van der Waals surface area contributed by atoms with E-state index in [1.54, 1.807) is 6.92 Å². The highest BCUT2D eigenvalue weighted by Gasteiger charge is 2.24. The van der Waals surface area contributed by atoms with E-state index >= 15 is 0 Å². The van der Waals surface area contributed by atoms with Gasteiger partial charge in [0.2, 0.25) is 0 Å². The predicted octanol–water partition coefficient (Wildman–Crippen LogP) is 0.669. The van der Waals surface area contributed by atoms with Gasteiger partial charge in [0.25, 0.3) is 5.69 Å². The first-order chi connectivity index (χ1) is 9.66. The molecule has 0 fully saturated rings. The minimum Gasteiger partial charge on any atom is -0.465 e. The van der Waals surface area contributed by atoms with Crippen molar-refractivity contribution in [1.82, 2.24) is 0 Å². The largest absolute Gasteiger partial charge is 0.465 e. The third-order valence-electron chi connectivity index (χ3n) is 2.35. The molecule has 1 aromatic carbocycles. The number of benzene rings is 1. The molecular formula is C11H13NO7S2. The topological polar surface area (TPSA) is 121 Å². The van der Waals surface area contributed by atoms with Crippen molar-refractivity contribution in [2.24, 2.45) is 0 Å². The molecule has 0 aliphatic heterocycles. The average molecular weight is 335 g/mol. The summed E-state index contributed by atoms with van der Waals surface area (Å²) >= 11 is 0. The number of hydrogen-bond acceptors (Lipinski definition) is 7. The zero-order valence-electron chi connectivity index (χ0n) is 11.3. The summed E-state index contributed by atoms with van der Waals surface area (Å²) in [5.41, 5.74) is -0.611. The van der Waals surface area contributed by atoms with E-state index < -0.39 is 43.0 Å². The molecule has 0 N–H and O–H groups in total. The van der Waals surface area contributed by atoms with Gasteiger partial charge in [-0.1, -0.05) is 0 Å². The zero-order chi connectivity index (χ0) is 16.2. The lowest BCUT2D eigenvalue weighted by Crippen LogP contribution is -2.15. The van der Waals surface area contributed by atoms with Crippen molar-refractivity contribution in [2.45, 2.75) is 16.7 Å². The normalized spacial score (nSPS) is 12.7. The van der Waals surface area contributed by atoms with Gasteiger partial charge in [-0.2, -0.15) is 0 Å². The maximum absolute atomic E-state index is 12.0. The number of nitro benzene ring substituents is 1. The fraction of sp³-hybridized carbons (Fsp3) is 0.364. The lowest BCUT2D eigenvalue weighted by atomic mass is 10.3. The summed E-state index contributed by atoms with van der Waals surface area (Å²) in [6.45, 7) is 1.68. The molecule has 8 nitrogen and oxygen atoms in total. The smallest absolute Gasteiger partial charge is 0.318 e. The number of esters is 1. The molecule has 0 bridgehead atoms. The Kier molecular flexibility index (Phi) is 5.55. The highest BCUT2D eigenvalue weighted by atomic mass is 32.2. The summed E-state index contributed by atoms with van der Waals surface area (Å²) < 4.78 is 39.3. The van der Waals surface area contributed by atoms with Crippen molar-refractivity contribution >= 4 is 32.3 Å². The number of nitro groups is 1. The monoisotopic (exact) mass is 335 g/mol. The van der Waals surface area contributed by atoms with E-state index in [0.29, 0.717) is 0 Å². The van der Waals surface area contributed by atoms with Crippen LogP contribution >= 0.6 is 0 Å². The summed E-state index contributed by atoms with van der Waals surface area (Å²) in [7, 11) is -5.62. The Morgan fingerprint density at radius 1 is 1.43 bits per heavy atom. The molecule has 0 aliphatic carbocycles. The Bertz CT molecular complexity index is 697. The predicted molar refractivity (Wildman–Crippen MR) is 74.1 cm³/mol. The van der Waals surface area contributed by atoms with Crippen molar-refractivity contribution in [3.63, 3.8) is 0 Å². The van der Waals surface area contributed by atoms with E-state index in [1.807, 2.05) is 0 Å². The average Bonchev–Trinajstić information content (AvgIpc) is 2.36. The van der Waals surface area contributed by atoms with Crippen molar-refractivity contribution in [3.8, 4) is 0 Å². The fourth-order valence-electron chi connectivity index (χ4n) is 1.45. The minimum absolute atomic E-state index is 0.102. The van der Waals surface area contributed by atoms with E-state index in [1.165, 1.54) is 0 Å². The van der Waals surface area contributed by atoms with Gasteiger partial charge >= 0.3 is 5.97 Å². The molecule has 116 valence electrons. The van der Waals surface area contributed by atoms with Crippen LogP contribution in [-0.4, -0.2) is 42.1 Å². The standard InChI is InChI=1S/C11H13NO7S2/c1-3-19-11(13)7-20(16)10-5-4-8(21(2,17)18)6-9(10)12(14)15/h4-6H,3,7H2,1-2H3. The number of hydrogen-bond donors (Lipinski definition) is 0. The van der Waals surface area contributed by atoms with Crippen LogP contribution in [0.2, 0.25) is 0 Å². The summed E-state index contributed by atoms with van der Waals surface area (Å²) in [4.78, 5) is 20.9. The Hall–Kier alpha value is -1.81. The van der Waals surface area contributed by atoms with Gasteiger partial charge < -0.3 is 4.74 Å². The quantitative estimate of drug-likeness (QED) is 0.425. The van der Waals surface area contributed by atoms with Crippen molar-refractivity contribution in [1.29, 1.82) is 0 Å². The minimum atomic E-state index is -3.63. The second kappa shape index (κ2) is 6.76. The molecule has 0 aromatic heterocycles. The lowest BCUT2D eigenvalue weighted by molar-refractivity contribution is -0.388. The second-order valence-corrected chi connectivity index (χ2v) is 7.39.